The van der Waals surface area contributed by atoms with Gasteiger partial charge in [-0.1, -0.05) is 24.7 Å². The maximum absolute atomic E-state index is 5.92. The summed E-state index contributed by atoms with van der Waals surface area (Å²) in [7, 11) is 0. The van der Waals surface area contributed by atoms with Crippen molar-refractivity contribution in [1.82, 2.24) is 5.01 Å². The summed E-state index contributed by atoms with van der Waals surface area (Å²) in [6, 6.07) is 7.22. The molecule has 1 fully saturated rings. The highest BCUT2D eigenvalue weighted by Gasteiger charge is 2.25. The third kappa shape index (κ3) is 3.27. The number of rotatable bonds is 4. The quantitative estimate of drug-likeness (QED) is 0.656. The van der Waals surface area contributed by atoms with Gasteiger partial charge in [0.2, 0.25) is 0 Å². The number of anilines is 1. The van der Waals surface area contributed by atoms with Gasteiger partial charge < -0.3 is 11.2 Å². The zero-order valence-electron chi connectivity index (χ0n) is 12.3. The normalized spacial score (nSPS) is 23.6. The van der Waals surface area contributed by atoms with Crippen molar-refractivity contribution in [3.63, 3.8) is 0 Å². The van der Waals surface area contributed by atoms with Crippen LogP contribution >= 0.6 is 24.0 Å². The van der Waals surface area contributed by atoms with Gasteiger partial charge >= 0.3 is 0 Å². The van der Waals surface area contributed by atoms with Gasteiger partial charge in [0.25, 0.3) is 0 Å². The molecule has 0 aliphatic carbocycles. The molecule has 0 bridgehead atoms. The smallest absolute Gasteiger partial charge is 0.107 e. The van der Waals surface area contributed by atoms with E-state index in [1.165, 1.54) is 19.3 Å². The number of nitrogens with one attached hydrogen (secondary N) is 1. The Balaban J connectivity index is 2.30. The van der Waals surface area contributed by atoms with E-state index in [1.807, 2.05) is 6.26 Å². The topological polar surface area (TPSA) is 41.3 Å². The van der Waals surface area contributed by atoms with Crippen LogP contribution < -0.4 is 11.2 Å². The van der Waals surface area contributed by atoms with Crippen molar-refractivity contribution in [1.29, 1.82) is 0 Å². The number of piperidine rings is 1. The molecule has 5 heteroatoms. The minimum Gasteiger partial charge on any atom is -0.389 e. The second-order valence-corrected chi connectivity index (χ2v) is 6.68. The van der Waals surface area contributed by atoms with E-state index in [2.05, 4.69) is 42.5 Å². The van der Waals surface area contributed by atoms with Crippen LogP contribution in [0.25, 0.3) is 0 Å². The lowest BCUT2D eigenvalue weighted by atomic mass is 10.00. The van der Waals surface area contributed by atoms with E-state index in [4.69, 9.17) is 18.0 Å². The van der Waals surface area contributed by atoms with Crippen LogP contribution in [0.1, 0.15) is 38.7 Å². The minimum absolute atomic E-state index is 0.453. The Bertz CT molecular complexity index is 480. The number of nitrogens with zero attached hydrogens (tertiary/aromatic N) is 1. The van der Waals surface area contributed by atoms with Crippen molar-refractivity contribution >= 4 is 34.7 Å². The first-order valence-electron chi connectivity index (χ1n) is 7.06. The Hall–Kier alpha value is -0.780. The van der Waals surface area contributed by atoms with Crippen molar-refractivity contribution in [2.75, 3.05) is 11.7 Å². The number of hydrogen-bond acceptors (Lipinski definition) is 4. The fourth-order valence-electron chi connectivity index (χ4n) is 2.83. The molecule has 3 N–H and O–H groups in total. The van der Waals surface area contributed by atoms with E-state index >= 15 is 0 Å². The second-order valence-electron chi connectivity index (χ2n) is 5.40. The van der Waals surface area contributed by atoms with Gasteiger partial charge in [-0.3, -0.25) is 0 Å². The molecule has 1 heterocycles. The summed E-state index contributed by atoms with van der Waals surface area (Å²) >= 11 is 6.91. The maximum atomic E-state index is 5.92. The standard InChI is InChI=1S/C15H23N3S2/c1-10-6-4-7-11(2)18(10)17-12-8-5-9-13(20-3)14(12)15(16)19/h5,8-11,17H,4,6-7H2,1-3H3,(H2,16,19). The summed E-state index contributed by atoms with van der Waals surface area (Å²) in [5.41, 5.74) is 11.5. The van der Waals surface area contributed by atoms with Gasteiger partial charge in [-0.25, -0.2) is 5.01 Å². The van der Waals surface area contributed by atoms with Crippen molar-refractivity contribution in [3.8, 4) is 0 Å². The molecule has 1 aliphatic heterocycles. The molecule has 0 saturated carbocycles. The zero-order chi connectivity index (χ0) is 14.7. The van der Waals surface area contributed by atoms with Gasteiger partial charge in [0, 0.05) is 22.5 Å². The van der Waals surface area contributed by atoms with E-state index in [0.717, 1.165) is 16.1 Å². The average molecular weight is 310 g/mol. The molecule has 1 aromatic carbocycles. The third-order valence-electron chi connectivity index (χ3n) is 3.94. The van der Waals surface area contributed by atoms with Crippen molar-refractivity contribution < 1.29 is 0 Å². The highest BCUT2D eigenvalue weighted by atomic mass is 32.2. The van der Waals surface area contributed by atoms with Gasteiger partial charge in [0.1, 0.15) is 4.99 Å². The molecule has 0 aromatic heterocycles. The van der Waals surface area contributed by atoms with Crippen molar-refractivity contribution in [3.05, 3.63) is 23.8 Å². The van der Waals surface area contributed by atoms with Gasteiger partial charge in [-0.2, -0.15) is 0 Å². The molecule has 20 heavy (non-hydrogen) atoms. The third-order valence-corrected chi connectivity index (χ3v) is 4.92. The zero-order valence-corrected chi connectivity index (χ0v) is 14.0. The van der Waals surface area contributed by atoms with Crippen LogP contribution in [0.5, 0.6) is 0 Å². The molecule has 0 amide bonds. The molecule has 0 spiro atoms. The van der Waals surface area contributed by atoms with Crippen LogP contribution in [-0.4, -0.2) is 28.3 Å². The second kappa shape index (κ2) is 6.78. The number of benzene rings is 1. The molecular formula is C15H23N3S2. The molecule has 2 unspecified atom stereocenters. The predicted octanol–water partition coefficient (Wildman–Crippen LogP) is 3.63. The highest BCUT2D eigenvalue weighted by molar-refractivity contribution is 7.98. The largest absolute Gasteiger partial charge is 0.389 e. The molecule has 110 valence electrons. The van der Waals surface area contributed by atoms with Gasteiger partial charge in [-0.15, -0.1) is 11.8 Å². The Labute approximate surface area is 131 Å². The highest BCUT2D eigenvalue weighted by Crippen LogP contribution is 2.30. The van der Waals surface area contributed by atoms with Crippen LogP contribution in [0.15, 0.2) is 23.1 Å². The minimum atomic E-state index is 0.453. The van der Waals surface area contributed by atoms with E-state index in [1.54, 1.807) is 11.8 Å². The number of hydrazine groups is 1. The summed E-state index contributed by atoms with van der Waals surface area (Å²) < 4.78 is 0. The molecular weight excluding hydrogens is 286 g/mol. The monoisotopic (exact) mass is 309 g/mol. The van der Waals surface area contributed by atoms with Crippen LogP contribution in [0.3, 0.4) is 0 Å². The fraction of sp³-hybridized carbons (Fsp3) is 0.533. The average Bonchev–Trinajstić information content (AvgIpc) is 2.42. The summed E-state index contributed by atoms with van der Waals surface area (Å²) in [6.45, 7) is 4.53. The fourth-order valence-corrected chi connectivity index (χ4v) is 3.75. The Morgan fingerprint density at radius 2 is 2.00 bits per heavy atom. The Kier molecular flexibility index (Phi) is 5.29. The molecule has 3 nitrogen and oxygen atoms in total. The number of thiocarbonyl (C=S) groups is 1. The van der Waals surface area contributed by atoms with E-state index < -0.39 is 0 Å². The van der Waals surface area contributed by atoms with Crippen LogP contribution in [0.4, 0.5) is 5.69 Å². The maximum Gasteiger partial charge on any atom is 0.107 e. The molecule has 1 saturated heterocycles. The first kappa shape index (κ1) is 15.6. The SMILES string of the molecule is CSc1cccc(NN2C(C)CCCC2C)c1C(N)=S. The molecule has 1 aromatic rings. The molecule has 1 aliphatic rings. The first-order valence-corrected chi connectivity index (χ1v) is 8.69. The number of thioether (sulfide) groups is 1. The van der Waals surface area contributed by atoms with Gasteiger partial charge in [0.15, 0.2) is 0 Å². The Morgan fingerprint density at radius 3 is 2.55 bits per heavy atom. The van der Waals surface area contributed by atoms with E-state index in [9.17, 15) is 0 Å². The van der Waals surface area contributed by atoms with Gasteiger partial charge in [0.05, 0.1) is 5.69 Å². The molecule has 2 atom stereocenters. The summed E-state index contributed by atoms with van der Waals surface area (Å²) in [5, 5.41) is 2.34. The van der Waals surface area contributed by atoms with Crippen LogP contribution in [0.2, 0.25) is 0 Å². The van der Waals surface area contributed by atoms with Crippen molar-refractivity contribution in [2.24, 2.45) is 5.73 Å². The predicted molar refractivity (Wildman–Crippen MR) is 92.3 cm³/mol. The number of nitrogens with two attached hydrogens (primary N) is 1. The molecule has 0 radical (unpaired) electrons. The lowest BCUT2D eigenvalue weighted by molar-refractivity contribution is 0.135. The summed E-state index contributed by atoms with van der Waals surface area (Å²) in [4.78, 5) is 1.58. The molecule has 2 rings (SSSR count). The van der Waals surface area contributed by atoms with E-state index in [0.29, 0.717) is 17.1 Å². The van der Waals surface area contributed by atoms with Crippen molar-refractivity contribution in [2.45, 2.75) is 50.1 Å². The summed E-state index contributed by atoms with van der Waals surface area (Å²) in [5.74, 6) is 0. The first-order chi connectivity index (χ1) is 9.54. The lowest BCUT2D eigenvalue weighted by Gasteiger charge is -2.40. The number of hydrogen-bond donors (Lipinski definition) is 2. The van der Waals surface area contributed by atoms with Gasteiger partial charge in [-0.05, 0) is 45.1 Å². The van der Waals surface area contributed by atoms with Crippen LogP contribution in [0, 0.1) is 0 Å². The van der Waals surface area contributed by atoms with Crippen LogP contribution in [-0.2, 0) is 0 Å². The lowest BCUT2D eigenvalue weighted by Crippen LogP contribution is -2.47. The summed E-state index contributed by atoms with van der Waals surface area (Å²) in [6.07, 6.45) is 5.80. The van der Waals surface area contributed by atoms with E-state index in [-0.39, 0.29) is 0 Å². The Morgan fingerprint density at radius 1 is 1.35 bits per heavy atom.